The van der Waals surface area contributed by atoms with Crippen LogP contribution in [0.2, 0.25) is 0 Å². The molecular formula is C11H8F3N3O3. The molecule has 0 radical (unpaired) electrons. The van der Waals surface area contributed by atoms with E-state index in [4.69, 9.17) is 9.84 Å². The molecule has 0 fully saturated rings. The molecule has 1 aromatic carbocycles. The zero-order chi connectivity index (χ0) is 14.9. The first-order chi connectivity index (χ1) is 9.27. The Hall–Kier alpha value is -2.58. The molecule has 9 heteroatoms. The Morgan fingerprint density at radius 2 is 2.10 bits per heavy atom. The van der Waals surface area contributed by atoms with Crippen molar-refractivity contribution < 1.29 is 27.8 Å². The highest BCUT2D eigenvalue weighted by molar-refractivity contribution is 5.89. The molecule has 2 rings (SSSR count). The van der Waals surface area contributed by atoms with Crippen LogP contribution in [0, 0.1) is 0 Å². The number of carbonyl (C=O) groups is 1. The number of ether oxygens (including phenoxy) is 1. The topological polar surface area (TPSA) is 77.2 Å². The van der Waals surface area contributed by atoms with Gasteiger partial charge in [-0.15, -0.1) is 5.10 Å². The number of aromatic carboxylic acids is 1. The Morgan fingerprint density at radius 3 is 2.60 bits per heavy atom. The molecular weight excluding hydrogens is 279 g/mol. The predicted molar refractivity (Wildman–Crippen MR) is 59.5 cm³/mol. The molecule has 0 amide bonds. The molecule has 20 heavy (non-hydrogen) atoms. The van der Waals surface area contributed by atoms with Gasteiger partial charge in [0.1, 0.15) is 12.1 Å². The number of nitrogens with zero attached hydrogens (tertiary/aromatic N) is 3. The van der Waals surface area contributed by atoms with Gasteiger partial charge in [0.25, 0.3) is 0 Å². The van der Waals surface area contributed by atoms with E-state index in [1.165, 1.54) is 11.0 Å². The summed E-state index contributed by atoms with van der Waals surface area (Å²) in [6, 6.07) is 2.39. The zero-order valence-corrected chi connectivity index (χ0v) is 10.0. The first-order valence-corrected chi connectivity index (χ1v) is 5.25. The van der Waals surface area contributed by atoms with Crippen LogP contribution in [0.1, 0.15) is 15.9 Å². The summed E-state index contributed by atoms with van der Waals surface area (Å²) in [5, 5.41) is 12.5. The number of carboxylic acid groups (broad SMARTS) is 1. The van der Waals surface area contributed by atoms with Gasteiger partial charge < -0.3 is 9.84 Å². The second-order valence-electron chi connectivity index (χ2n) is 3.81. The number of aryl methyl sites for hydroxylation is 1. The number of alkyl halides is 3. The SMILES string of the molecule is Cn1cnc(Oc2ccc(C(=O)O)c(C(F)(F)F)c2)n1. The van der Waals surface area contributed by atoms with Gasteiger partial charge >= 0.3 is 18.2 Å². The second kappa shape index (κ2) is 4.83. The van der Waals surface area contributed by atoms with E-state index in [0.29, 0.717) is 6.07 Å². The molecule has 106 valence electrons. The number of hydrogen-bond donors (Lipinski definition) is 1. The van der Waals surface area contributed by atoms with E-state index in [1.54, 1.807) is 7.05 Å². The van der Waals surface area contributed by atoms with E-state index in [1.807, 2.05) is 0 Å². The summed E-state index contributed by atoms with van der Waals surface area (Å²) in [6.45, 7) is 0. The molecule has 0 spiro atoms. The summed E-state index contributed by atoms with van der Waals surface area (Å²) < 4.78 is 44.7. The molecule has 0 aliphatic heterocycles. The van der Waals surface area contributed by atoms with Crippen LogP contribution in [0.3, 0.4) is 0 Å². The minimum atomic E-state index is -4.80. The van der Waals surface area contributed by atoms with Crippen LogP contribution >= 0.6 is 0 Å². The van der Waals surface area contributed by atoms with E-state index in [-0.39, 0.29) is 11.8 Å². The van der Waals surface area contributed by atoms with Crippen molar-refractivity contribution in [2.75, 3.05) is 0 Å². The van der Waals surface area contributed by atoms with Gasteiger partial charge in [-0.2, -0.15) is 18.2 Å². The maximum atomic E-state index is 12.8. The zero-order valence-electron chi connectivity index (χ0n) is 10.0. The third kappa shape index (κ3) is 2.87. The largest absolute Gasteiger partial charge is 0.478 e. The van der Waals surface area contributed by atoms with Crippen LogP contribution in [-0.4, -0.2) is 25.8 Å². The minimum absolute atomic E-state index is 0.135. The first kappa shape index (κ1) is 13.8. The molecule has 1 aromatic heterocycles. The Bertz CT molecular complexity index is 652. The van der Waals surface area contributed by atoms with Crippen molar-refractivity contribution in [1.29, 1.82) is 0 Å². The van der Waals surface area contributed by atoms with Crippen LogP contribution in [0.5, 0.6) is 11.8 Å². The summed E-state index contributed by atoms with van der Waals surface area (Å²) in [5.74, 6) is -1.87. The number of carboxylic acids is 1. The molecule has 0 saturated heterocycles. The maximum Gasteiger partial charge on any atom is 0.417 e. The third-order valence-corrected chi connectivity index (χ3v) is 2.31. The molecule has 0 bridgehead atoms. The number of benzene rings is 1. The van der Waals surface area contributed by atoms with E-state index in [0.717, 1.165) is 12.1 Å². The van der Waals surface area contributed by atoms with E-state index in [2.05, 4.69) is 10.1 Å². The normalized spacial score (nSPS) is 11.4. The van der Waals surface area contributed by atoms with Crippen molar-refractivity contribution in [2.24, 2.45) is 7.05 Å². The summed E-state index contributed by atoms with van der Waals surface area (Å²) in [5.41, 5.74) is -2.14. The lowest BCUT2D eigenvalue weighted by atomic mass is 10.1. The highest BCUT2D eigenvalue weighted by Crippen LogP contribution is 2.35. The van der Waals surface area contributed by atoms with Gasteiger partial charge in [-0.1, -0.05) is 0 Å². The Labute approximate surface area is 110 Å². The van der Waals surface area contributed by atoms with Crippen LogP contribution in [0.15, 0.2) is 24.5 Å². The fourth-order valence-electron chi connectivity index (χ4n) is 1.48. The molecule has 0 atom stereocenters. The third-order valence-electron chi connectivity index (χ3n) is 2.31. The molecule has 0 unspecified atom stereocenters. The summed E-state index contributed by atoms with van der Waals surface area (Å²) in [4.78, 5) is 14.5. The fourth-order valence-corrected chi connectivity index (χ4v) is 1.48. The van der Waals surface area contributed by atoms with Crippen molar-refractivity contribution >= 4 is 5.97 Å². The van der Waals surface area contributed by atoms with Crippen LogP contribution < -0.4 is 4.74 Å². The predicted octanol–water partition coefficient (Wildman–Crippen LogP) is 2.32. The average molecular weight is 287 g/mol. The van der Waals surface area contributed by atoms with E-state index in [9.17, 15) is 18.0 Å². The lowest BCUT2D eigenvalue weighted by Crippen LogP contribution is -2.13. The Balaban J connectivity index is 2.39. The van der Waals surface area contributed by atoms with Gasteiger partial charge in [0.15, 0.2) is 0 Å². The summed E-state index contributed by atoms with van der Waals surface area (Å²) in [6.07, 6.45) is -3.49. The quantitative estimate of drug-likeness (QED) is 0.937. The van der Waals surface area contributed by atoms with Gasteiger partial charge in [-0.3, -0.25) is 4.68 Å². The smallest absolute Gasteiger partial charge is 0.417 e. The van der Waals surface area contributed by atoms with Crippen LogP contribution in [-0.2, 0) is 13.2 Å². The average Bonchev–Trinajstić information content (AvgIpc) is 2.73. The standard InChI is InChI=1S/C11H8F3N3O3/c1-17-5-15-10(16-17)20-6-2-3-7(9(18)19)8(4-6)11(12,13)14/h2-5H,1H3,(H,18,19). The molecule has 6 nitrogen and oxygen atoms in total. The summed E-state index contributed by atoms with van der Waals surface area (Å²) >= 11 is 0. The Morgan fingerprint density at radius 1 is 1.40 bits per heavy atom. The lowest BCUT2D eigenvalue weighted by Gasteiger charge is -2.11. The van der Waals surface area contributed by atoms with E-state index >= 15 is 0 Å². The van der Waals surface area contributed by atoms with Crippen molar-refractivity contribution in [3.8, 4) is 11.8 Å². The highest BCUT2D eigenvalue weighted by atomic mass is 19.4. The highest BCUT2D eigenvalue weighted by Gasteiger charge is 2.35. The number of rotatable bonds is 3. The van der Waals surface area contributed by atoms with Crippen molar-refractivity contribution in [3.63, 3.8) is 0 Å². The number of hydrogen-bond acceptors (Lipinski definition) is 4. The fraction of sp³-hybridized carbons (Fsp3) is 0.182. The second-order valence-corrected chi connectivity index (χ2v) is 3.81. The minimum Gasteiger partial charge on any atom is -0.478 e. The van der Waals surface area contributed by atoms with Crippen molar-refractivity contribution in [2.45, 2.75) is 6.18 Å². The molecule has 0 aliphatic rings. The summed E-state index contributed by atoms with van der Waals surface area (Å²) in [7, 11) is 1.56. The van der Waals surface area contributed by atoms with E-state index < -0.39 is 23.3 Å². The van der Waals surface area contributed by atoms with Gasteiger partial charge in [0, 0.05) is 7.05 Å². The monoisotopic (exact) mass is 287 g/mol. The lowest BCUT2D eigenvalue weighted by molar-refractivity contribution is -0.138. The van der Waals surface area contributed by atoms with Crippen LogP contribution in [0.25, 0.3) is 0 Å². The maximum absolute atomic E-state index is 12.8. The van der Waals surface area contributed by atoms with Gasteiger partial charge in [0.05, 0.1) is 11.1 Å². The van der Waals surface area contributed by atoms with Gasteiger partial charge in [0.2, 0.25) is 0 Å². The van der Waals surface area contributed by atoms with Crippen LogP contribution in [0.4, 0.5) is 13.2 Å². The van der Waals surface area contributed by atoms with Gasteiger partial charge in [-0.05, 0) is 18.2 Å². The molecule has 1 N–H and O–H groups in total. The Kier molecular flexibility index (Phi) is 3.35. The van der Waals surface area contributed by atoms with Crippen molar-refractivity contribution in [3.05, 3.63) is 35.7 Å². The van der Waals surface area contributed by atoms with Crippen molar-refractivity contribution in [1.82, 2.24) is 14.8 Å². The molecule has 0 aliphatic carbocycles. The number of halogens is 3. The molecule has 0 saturated carbocycles. The first-order valence-electron chi connectivity index (χ1n) is 5.25. The number of aromatic nitrogens is 3. The molecule has 1 heterocycles. The van der Waals surface area contributed by atoms with Gasteiger partial charge in [-0.25, -0.2) is 4.79 Å². The molecule has 2 aromatic rings.